The lowest BCUT2D eigenvalue weighted by atomic mass is 10.1. The molecule has 8 heteroatoms. The monoisotopic (exact) mass is 419 g/mol. The fourth-order valence-corrected chi connectivity index (χ4v) is 3.59. The normalized spacial score (nSPS) is 13.9. The molecule has 1 amide bonds. The molecule has 1 saturated heterocycles. The van der Waals surface area contributed by atoms with Crippen molar-refractivity contribution >= 4 is 11.7 Å². The molecule has 1 N–H and O–H groups in total. The maximum Gasteiger partial charge on any atom is 0.253 e. The highest BCUT2D eigenvalue weighted by atomic mass is 16.5. The number of hydrogen-bond donors (Lipinski definition) is 1. The Morgan fingerprint density at radius 2 is 1.84 bits per heavy atom. The predicted molar refractivity (Wildman–Crippen MR) is 119 cm³/mol. The summed E-state index contributed by atoms with van der Waals surface area (Å²) in [5, 5.41) is 0. The van der Waals surface area contributed by atoms with Crippen molar-refractivity contribution in [3.63, 3.8) is 0 Å². The van der Waals surface area contributed by atoms with Crippen molar-refractivity contribution in [3.05, 3.63) is 70.3 Å². The molecule has 0 bridgehead atoms. The molecule has 0 saturated carbocycles. The van der Waals surface area contributed by atoms with Gasteiger partial charge in [-0.2, -0.15) is 0 Å². The van der Waals surface area contributed by atoms with E-state index in [2.05, 4.69) is 19.9 Å². The molecule has 0 spiro atoms. The van der Waals surface area contributed by atoms with Crippen molar-refractivity contribution in [2.75, 3.05) is 38.2 Å². The number of aromatic nitrogens is 3. The Morgan fingerprint density at radius 1 is 1.10 bits per heavy atom. The summed E-state index contributed by atoms with van der Waals surface area (Å²) in [6.45, 7) is 4.62. The number of ether oxygens (including phenoxy) is 1. The lowest BCUT2D eigenvalue weighted by molar-refractivity contribution is 0.0746. The molecule has 8 nitrogen and oxygen atoms in total. The van der Waals surface area contributed by atoms with E-state index in [1.807, 2.05) is 24.0 Å². The SMILES string of the molecule is CCc1cc(=O)[nH]c(-c2ccc(N3CCN(C(=O)c4ccc(OC)cc4)CC3)nc2)n1. The molecule has 1 aliphatic rings. The number of benzene rings is 1. The molecule has 2 aromatic heterocycles. The van der Waals surface area contributed by atoms with Gasteiger partial charge >= 0.3 is 0 Å². The average molecular weight is 419 g/mol. The van der Waals surface area contributed by atoms with Gasteiger partial charge in [0.1, 0.15) is 17.4 Å². The summed E-state index contributed by atoms with van der Waals surface area (Å²) in [6.07, 6.45) is 2.42. The highest BCUT2D eigenvalue weighted by Gasteiger charge is 2.23. The van der Waals surface area contributed by atoms with Crippen LogP contribution in [0.5, 0.6) is 5.75 Å². The Balaban J connectivity index is 1.40. The second-order valence-electron chi connectivity index (χ2n) is 7.35. The van der Waals surface area contributed by atoms with Crippen molar-refractivity contribution < 1.29 is 9.53 Å². The van der Waals surface area contributed by atoms with E-state index in [-0.39, 0.29) is 11.5 Å². The number of nitrogens with one attached hydrogen (secondary N) is 1. The summed E-state index contributed by atoms with van der Waals surface area (Å²) in [6, 6.07) is 12.5. The number of rotatable bonds is 5. The number of aromatic amines is 1. The Kier molecular flexibility index (Phi) is 5.97. The van der Waals surface area contributed by atoms with E-state index in [0.717, 1.165) is 22.8 Å². The highest BCUT2D eigenvalue weighted by molar-refractivity contribution is 5.94. The third-order valence-electron chi connectivity index (χ3n) is 5.41. The van der Waals surface area contributed by atoms with Gasteiger partial charge in [0.05, 0.1) is 7.11 Å². The van der Waals surface area contributed by atoms with Gasteiger partial charge in [-0.3, -0.25) is 9.59 Å². The molecule has 0 unspecified atom stereocenters. The summed E-state index contributed by atoms with van der Waals surface area (Å²) >= 11 is 0. The fourth-order valence-electron chi connectivity index (χ4n) is 3.59. The maximum atomic E-state index is 12.7. The fraction of sp³-hybridized carbons (Fsp3) is 0.304. The minimum atomic E-state index is -0.163. The molecule has 3 heterocycles. The van der Waals surface area contributed by atoms with Crippen LogP contribution in [-0.2, 0) is 6.42 Å². The molecule has 3 aromatic rings. The van der Waals surface area contributed by atoms with Gasteiger partial charge in [0.15, 0.2) is 0 Å². The number of piperazine rings is 1. The first-order valence-electron chi connectivity index (χ1n) is 10.3. The summed E-state index contributed by atoms with van der Waals surface area (Å²) < 4.78 is 5.15. The van der Waals surface area contributed by atoms with Crippen LogP contribution < -0.4 is 15.2 Å². The molecular weight excluding hydrogens is 394 g/mol. The summed E-state index contributed by atoms with van der Waals surface area (Å²) in [7, 11) is 1.61. The Bertz CT molecular complexity index is 1100. The van der Waals surface area contributed by atoms with Crippen LogP contribution in [-0.4, -0.2) is 59.0 Å². The second-order valence-corrected chi connectivity index (χ2v) is 7.35. The molecule has 31 heavy (non-hydrogen) atoms. The number of anilines is 1. The minimum absolute atomic E-state index is 0.0245. The van der Waals surface area contributed by atoms with Crippen LogP contribution >= 0.6 is 0 Å². The zero-order chi connectivity index (χ0) is 21.8. The van der Waals surface area contributed by atoms with Crippen LogP contribution in [0.1, 0.15) is 23.0 Å². The summed E-state index contributed by atoms with van der Waals surface area (Å²) in [5.74, 6) is 2.13. The van der Waals surface area contributed by atoms with E-state index in [1.54, 1.807) is 37.6 Å². The molecule has 1 aliphatic heterocycles. The molecule has 1 fully saturated rings. The van der Waals surface area contributed by atoms with E-state index < -0.39 is 0 Å². The molecule has 0 atom stereocenters. The summed E-state index contributed by atoms with van der Waals surface area (Å²) in [4.78, 5) is 40.4. The van der Waals surface area contributed by atoms with Crippen molar-refractivity contribution in [1.29, 1.82) is 0 Å². The number of carbonyl (C=O) groups excluding carboxylic acids is 1. The Labute approximate surface area is 180 Å². The van der Waals surface area contributed by atoms with Crippen LogP contribution in [0.15, 0.2) is 53.5 Å². The van der Waals surface area contributed by atoms with Crippen LogP contribution in [0, 0.1) is 0 Å². The van der Waals surface area contributed by atoms with Crippen molar-refractivity contribution in [2.24, 2.45) is 0 Å². The van der Waals surface area contributed by atoms with Crippen LogP contribution in [0.3, 0.4) is 0 Å². The number of pyridine rings is 1. The minimum Gasteiger partial charge on any atom is -0.497 e. The van der Waals surface area contributed by atoms with Gasteiger partial charge in [0.25, 0.3) is 11.5 Å². The number of carbonyl (C=O) groups is 1. The van der Waals surface area contributed by atoms with Gasteiger partial charge in [0.2, 0.25) is 0 Å². The summed E-state index contributed by atoms with van der Waals surface area (Å²) in [5.41, 5.74) is 2.01. The first-order chi connectivity index (χ1) is 15.1. The van der Waals surface area contributed by atoms with Gasteiger partial charge in [-0.05, 0) is 42.8 Å². The van der Waals surface area contributed by atoms with E-state index >= 15 is 0 Å². The maximum absolute atomic E-state index is 12.7. The number of aryl methyl sites for hydroxylation is 1. The van der Waals surface area contributed by atoms with Crippen LogP contribution in [0.2, 0.25) is 0 Å². The number of hydrogen-bond acceptors (Lipinski definition) is 6. The molecular formula is C23H25N5O3. The van der Waals surface area contributed by atoms with Crippen molar-refractivity contribution in [3.8, 4) is 17.1 Å². The zero-order valence-electron chi connectivity index (χ0n) is 17.7. The van der Waals surface area contributed by atoms with Gasteiger partial charge in [-0.15, -0.1) is 0 Å². The Morgan fingerprint density at radius 3 is 2.45 bits per heavy atom. The van der Waals surface area contributed by atoms with E-state index in [0.29, 0.717) is 44.0 Å². The smallest absolute Gasteiger partial charge is 0.253 e. The molecule has 160 valence electrons. The molecule has 4 rings (SSSR count). The number of nitrogens with zero attached hydrogens (tertiary/aromatic N) is 4. The average Bonchev–Trinajstić information content (AvgIpc) is 2.83. The number of amides is 1. The molecule has 0 radical (unpaired) electrons. The third-order valence-corrected chi connectivity index (χ3v) is 5.41. The zero-order valence-corrected chi connectivity index (χ0v) is 17.7. The van der Waals surface area contributed by atoms with E-state index in [1.165, 1.54) is 6.07 Å². The highest BCUT2D eigenvalue weighted by Crippen LogP contribution is 2.20. The van der Waals surface area contributed by atoms with Crippen molar-refractivity contribution in [2.45, 2.75) is 13.3 Å². The number of methoxy groups -OCH3 is 1. The third kappa shape index (κ3) is 4.58. The number of H-pyrrole nitrogens is 1. The largest absolute Gasteiger partial charge is 0.497 e. The molecule has 0 aliphatic carbocycles. The first-order valence-corrected chi connectivity index (χ1v) is 10.3. The van der Waals surface area contributed by atoms with E-state index in [9.17, 15) is 9.59 Å². The first kappa shape index (κ1) is 20.6. The van der Waals surface area contributed by atoms with Crippen LogP contribution in [0.4, 0.5) is 5.82 Å². The van der Waals surface area contributed by atoms with Gasteiger partial charge in [0, 0.05) is 55.3 Å². The van der Waals surface area contributed by atoms with Gasteiger partial charge in [-0.25, -0.2) is 9.97 Å². The van der Waals surface area contributed by atoms with Crippen molar-refractivity contribution in [1.82, 2.24) is 19.9 Å². The quantitative estimate of drug-likeness (QED) is 0.683. The lowest BCUT2D eigenvalue weighted by Crippen LogP contribution is -2.49. The topological polar surface area (TPSA) is 91.4 Å². The van der Waals surface area contributed by atoms with Gasteiger partial charge in [-0.1, -0.05) is 6.92 Å². The van der Waals surface area contributed by atoms with Crippen LogP contribution in [0.25, 0.3) is 11.4 Å². The Hall–Kier alpha value is -3.68. The predicted octanol–water partition coefficient (Wildman–Crippen LogP) is 2.37. The molecule has 1 aromatic carbocycles. The lowest BCUT2D eigenvalue weighted by Gasteiger charge is -2.35. The standard InChI is InChI=1S/C23H25N5O3/c1-3-18-14-21(29)26-22(25-18)17-6-9-20(24-15-17)27-10-12-28(13-11-27)23(30)16-4-7-19(31-2)8-5-16/h4-9,14-15H,3,10-13H2,1-2H3,(H,25,26,29). The van der Waals surface area contributed by atoms with Gasteiger partial charge < -0.3 is 19.5 Å². The van der Waals surface area contributed by atoms with E-state index in [4.69, 9.17) is 4.74 Å². The second kappa shape index (κ2) is 8.99.